The molecule has 0 saturated heterocycles. The predicted octanol–water partition coefficient (Wildman–Crippen LogP) is 4.35. The summed E-state index contributed by atoms with van der Waals surface area (Å²) in [7, 11) is 0. The highest BCUT2D eigenvalue weighted by molar-refractivity contribution is 5.91. The van der Waals surface area contributed by atoms with Crippen LogP contribution in [0.25, 0.3) is 0 Å². The summed E-state index contributed by atoms with van der Waals surface area (Å²) in [6.45, 7) is 13.3. The number of hydrogen-bond acceptors (Lipinski definition) is 6. The van der Waals surface area contributed by atoms with Gasteiger partial charge in [0.15, 0.2) is 0 Å². The number of esters is 1. The predicted molar refractivity (Wildman–Crippen MR) is 143 cm³/mol. The Kier molecular flexibility index (Phi) is 13.7. The normalized spacial score (nSPS) is 11.9. The first-order valence-electron chi connectivity index (χ1n) is 13.2. The van der Waals surface area contributed by atoms with Crippen molar-refractivity contribution in [3.63, 3.8) is 0 Å². The summed E-state index contributed by atoms with van der Waals surface area (Å²) in [6, 6.07) is 4.79. The van der Waals surface area contributed by atoms with Crippen LogP contribution in [0, 0.1) is 13.8 Å². The van der Waals surface area contributed by atoms with Crippen LogP contribution in [0.1, 0.15) is 89.5 Å². The monoisotopic (exact) mass is 519 g/mol. The molecule has 9 heteroatoms. The van der Waals surface area contributed by atoms with Crippen molar-refractivity contribution in [2.24, 2.45) is 0 Å². The van der Waals surface area contributed by atoms with Gasteiger partial charge in [-0.25, -0.2) is 4.79 Å². The summed E-state index contributed by atoms with van der Waals surface area (Å²) in [5.41, 5.74) is 1.78. The Balaban J connectivity index is 3.25. The number of benzene rings is 1. The van der Waals surface area contributed by atoms with Crippen molar-refractivity contribution in [2.45, 2.75) is 92.2 Å². The molecular weight excluding hydrogens is 474 g/mol. The van der Waals surface area contributed by atoms with Gasteiger partial charge in [-0.2, -0.15) is 0 Å². The lowest BCUT2D eigenvalue weighted by Crippen LogP contribution is -2.48. The van der Waals surface area contributed by atoms with Crippen LogP contribution in [0.15, 0.2) is 18.2 Å². The third kappa shape index (κ3) is 11.7. The van der Waals surface area contributed by atoms with Crippen molar-refractivity contribution >= 4 is 23.9 Å². The minimum atomic E-state index is -0.919. The smallest absolute Gasteiger partial charge is 0.408 e. The Morgan fingerprint density at radius 2 is 1.62 bits per heavy atom. The van der Waals surface area contributed by atoms with E-state index in [1.54, 1.807) is 27.7 Å². The van der Waals surface area contributed by atoms with E-state index in [-0.39, 0.29) is 32.0 Å². The van der Waals surface area contributed by atoms with Gasteiger partial charge in [0.2, 0.25) is 11.8 Å². The molecule has 0 aromatic heterocycles. The second-order valence-electron chi connectivity index (χ2n) is 10.1. The van der Waals surface area contributed by atoms with Crippen LogP contribution in [0.5, 0.6) is 0 Å². The number of amides is 3. The molecular formula is C28H45N3O6. The molecule has 1 aromatic rings. The van der Waals surface area contributed by atoms with E-state index in [4.69, 9.17) is 9.47 Å². The number of ether oxygens (including phenoxy) is 2. The SMILES string of the molecule is CCCCCCN(C(=O)CNC(=O)OC(C)(C)C)C(C(=O)NCCC(=O)OCC)c1c(C)cccc1C. The molecule has 0 fully saturated rings. The minimum absolute atomic E-state index is 0.0314. The van der Waals surface area contributed by atoms with Crippen LogP contribution >= 0.6 is 0 Å². The highest BCUT2D eigenvalue weighted by Crippen LogP contribution is 2.28. The Morgan fingerprint density at radius 3 is 2.19 bits per heavy atom. The van der Waals surface area contributed by atoms with Gasteiger partial charge in [-0.3, -0.25) is 14.4 Å². The van der Waals surface area contributed by atoms with Gasteiger partial charge in [0.25, 0.3) is 0 Å². The molecule has 37 heavy (non-hydrogen) atoms. The lowest BCUT2D eigenvalue weighted by molar-refractivity contribution is -0.143. The average molecular weight is 520 g/mol. The Morgan fingerprint density at radius 1 is 0.973 bits per heavy atom. The van der Waals surface area contributed by atoms with E-state index in [9.17, 15) is 19.2 Å². The second-order valence-corrected chi connectivity index (χ2v) is 10.1. The summed E-state index contributed by atoms with van der Waals surface area (Å²) in [5.74, 6) is -1.18. The third-order valence-corrected chi connectivity index (χ3v) is 5.67. The molecule has 1 aromatic carbocycles. The van der Waals surface area contributed by atoms with Crippen LogP contribution in [0.4, 0.5) is 4.79 Å². The van der Waals surface area contributed by atoms with E-state index < -0.39 is 29.6 Å². The van der Waals surface area contributed by atoms with E-state index in [2.05, 4.69) is 17.6 Å². The number of carbonyl (C=O) groups excluding carboxylic acids is 4. The number of rotatable bonds is 14. The molecule has 208 valence electrons. The summed E-state index contributed by atoms with van der Waals surface area (Å²) in [6.07, 6.45) is 2.99. The Hall–Kier alpha value is -3.10. The number of nitrogens with one attached hydrogen (secondary N) is 2. The Labute approximate surface area is 221 Å². The number of hydrogen-bond donors (Lipinski definition) is 2. The summed E-state index contributed by atoms with van der Waals surface area (Å²) in [4.78, 5) is 52.6. The van der Waals surface area contributed by atoms with E-state index in [1.165, 1.54) is 4.90 Å². The molecule has 0 aliphatic rings. The van der Waals surface area contributed by atoms with E-state index in [1.807, 2.05) is 32.0 Å². The van der Waals surface area contributed by atoms with E-state index in [0.717, 1.165) is 36.0 Å². The summed E-state index contributed by atoms with van der Waals surface area (Å²) < 4.78 is 10.2. The molecule has 2 N–H and O–H groups in total. The van der Waals surface area contributed by atoms with Gasteiger partial charge in [-0.05, 0) is 64.7 Å². The molecule has 9 nitrogen and oxygen atoms in total. The highest BCUT2D eigenvalue weighted by atomic mass is 16.6. The molecule has 0 heterocycles. The largest absolute Gasteiger partial charge is 0.466 e. The van der Waals surface area contributed by atoms with Crippen molar-refractivity contribution < 1.29 is 28.7 Å². The van der Waals surface area contributed by atoms with Crippen LogP contribution in [-0.2, 0) is 23.9 Å². The zero-order valence-corrected chi connectivity index (χ0v) is 23.6. The molecule has 0 bridgehead atoms. The zero-order valence-electron chi connectivity index (χ0n) is 23.6. The van der Waals surface area contributed by atoms with E-state index in [0.29, 0.717) is 13.0 Å². The second kappa shape index (κ2) is 15.9. The Bertz CT molecular complexity index is 889. The zero-order chi connectivity index (χ0) is 28.0. The van der Waals surface area contributed by atoms with E-state index >= 15 is 0 Å². The lowest BCUT2D eigenvalue weighted by Gasteiger charge is -2.33. The van der Waals surface area contributed by atoms with Gasteiger partial charge in [-0.15, -0.1) is 0 Å². The van der Waals surface area contributed by atoms with Crippen molar-refractivity contribution in [3.8, 4) is 0 Å². The van der Waals surface area contributed by atoms with Gasteiger partial charge in [0.1, 0.15) is 18.2 Å². The van der Waals surface area contributed by atoms with Crippen molar-refractivity contribution in [1.82, 2.24) is 15.5 Å². The molecule has 1 rings (SSSR count). The number of nitrogens with zero attached hydrogens (tertiary/aromatic N) is 1. The highest BCUT2D eigenvalue weighted by Gasteiger charge is 2.33. The minimum Gasteiger partial charge on any atom is -0.466 e. The fraction of sp³-hybridized carbons (Fsp3) is 0.643. The quantitative estimate of drug-likeness (QED) is 0.279. The first kappa shape index (κ1) is 31.9. The van der Waals surface area contributed by atoms with Gasteiger partial charge in [0.05, 0.1) is 13.0 Å². The lowest BCUT2D eigenvalue weighted by atomic mass is 9.93. The molecule has 0 aliphatic heterocycles. The van der Waals surface area contributed by atoms with Gasteiger partial charge < -0.3 is 25.0 Å². The molecule has 0 radical (unpaired) electrons. The summed E-state index contributed by atoms with van der Waals surface area (Å²) >= 11 is 0. The standard InChI is InChI=1S/C28H45N3O6/c1-8-10-11-12-18-31(22(32)19-30-27(35)37-28(5,6)7)25(24-20(3)14-13-15-21(24)4)26(34)29-17-16-23(33)36-9-2/h13-15,25H,8-12,16-19H2,1-7H3,(H,29,34)(H,30,35). The molecule has 1 atom stereocenters. The van der Waals surface area contributed by atoms with Crippen molar-refractivity contribution in [3.05, 3.63) is 34.9 Å². The average Bonchev–Trinajstić information content (AvgIpc) is 2.80. The van der Waals surface area contributed by atoms with Gasteiger partial charge >= 0.3 is 12.1 Å². The number of aryl methyl sites for hydroxylation is 2. The van der Waals surface area contributed by atoms with Crippen LogP contribution in [-0.4, -0.2) is 60.6 Å². The first-order valence-corrected chi connectivity index (χ1v) is 13.2. The fourth-order valence-electron chi connectivity index (χ4n) is 3.97. The van der Waals surface area contributed by atoms with Crippen molar-refractivity contribution in [2.75, 3.05) is 26.2 Å². The molecule has 0 aliphatic carbocycles. The number of unbranched alkanes of at least 4 members (excludes halogenated alkanes) is 3. The topological polar surface area (TPSA) is 114 Å². The maximum absolute atomic E-state index is 13.6. The van der Waals surface area contributed by atoms with Crippen molar-refractivity contribution in [1.29, 1.82) is 0 Å². The molecule has 3 amide bonds. The maximum Gasteiger partial charge on any atom is 0.408 e. The van der Waals surface area contributed by atoms with Gasteiger partial charge in [0, 0.05) is 13.1 Å². The van der Waals surface area contributed by atoms with Crippen LogP contribution in [0.3, 0.4) is 0 Å². The maximum atomic E-state index is 13.6. The molecule has 0 spiro atoms. The fourth-order valence-corrected chi connectivity index (χ4v) is 3.97. The van der Waals surface area contributed by atoms with Gasteiger partial charge in [-0.1, -0.05) is 44.4 Å². The van der Waals surface area contributed by atoms with Crippen LogP contribution in [0.2, 0.25) is 0 Å². The molecule has 1 unspecified atom stereocenters. The number of alkyl carbamates (subject to hydrolysis) is 1. The molecule has 0 saturated carbocycles. The number of carbonyl (C=O) groups is 4. The summed E-state index contributed by atoms with van der Waals surface area (Å²) in [5, 5.41) is 5.33. The first-order chi connectivity index (χ1) is 17.4. The van der Waals surface area contributed by atoms with Crippen LogP contribution < -0.4 is 10.6 Å². The third-order valence-electron chi connectivity index (χ3n) is 5.67.